The Balaban J connectivity index is 1.79. The molecule has 0 aromatic heterocycles. The number of aliphatic hydroxyl groups excluding tert-OH is 2. The molecule has 0 aliphatic rings. The lowest BCUT2D eigenvalue weighted by Gasteiger charge is -2.14. The molecule has 0 saturated carbocycles. The smallest absolute Gasteiger partial charge is 0.0481 e. The van der Waals surface area contributed by atoms with Crippen molar-refractivity contribution in [3.63, 3.8) is 0 Å². The molecule has 28 heavy (non-hydrogen) atoms. The normalized spacial score (nSPS) is 11.2. The third-order valence-electron chi connectivity index (χ3n) is 5.49. The van der Waals surface area contributed by atoms with Crippen LogP contribution < -0.4 is 0 Å². The first-order valence-corrected chi connectivity index (χ1v) is 10.2. The minimum absolute atomic E-state index is 0.0286. The van der Waals surface area contributed by atoms with Gasteiger partial charge in [-0.25, -0.2) is 0 Å². The highest BCUT2D eigenvalue weighted by Crippen LogP contribution is 2.29. The number of aryl methyl sites for hydroxylation is 3. The van der Waals surface area contributed by atoms with Gasteiger partial charge in [0.2, 0.25) is 0 Å². The second kappa shape index (κ2) is 9.68. The van der Waals surface area contributed by atoms with E-state index in [4.69, 9.17) is 0 Å². The SMILES string of the molecule is CCc1cc(CCC(CO)CO)ccc1-c1ccc(-c2ccc(C)cc2)cc1. The van der Waals surface area contributed by atoms with E-state index in [1.165, 1.54) is 38.9 Å². The van der Waals surface area contributed by atoms with Gasteiger partial charge in [-0.05, 0) is 59.6 Å². The first-order chi connectivity index (χ1) is 13.6. The van der Waals surface area contributed by atoms with Crippen molar-refractivity contribution in [2.24, 2.45) is 5.92 Å². The molecule has 146 valence electrons. The van der Waals surface area contributed by atoms with Crippen molar-refractivity contribution in [2.75, 3.05) is 13.2 Å². The molecule has 0 atom stereocenters. The first-order valence-electron chi connectivity index (χ1n) is 10.2. The van der Waals surface area contributed by atoms with Crippen LogP contribution in [0.4, 0.5) is 0 Å². The van der Waals surface area contributed by atoms with Gasteiger partial charge in [-0.2, -0.15) is 0 Å². The Morgan fingerprint density at radius 1 is 0.750 bits per heavy atom. The average molecular weight is 375 g/mol. The van der Waals surface area contributed by atoms with Crippen molar-refractivity contribution in [3.05, 3.63) is 83.4 Å². The van der Waals surface area contributed by atoms with Crippen LogP contribution >= 0.6 is 0 Å². The third-order valence-corrected chi connectivity index (χ3v) is 5.49. The number of benzene rings is 3. The van der Waals surface area contributed by atoms with Crippen molar-refractivity contribution >= 4 is 0 Å². The number of aliphatic hydroxyl groups is 2. The Labute approximate surface area is 168 Å². The van der Waals surface area contributed by atoms with E-state index in [0.29, 0.717) is 0 Å². The van der Waals surface area contributed by atoms with Gasteiger partial charge in [-0.15, -0.1) is 0 Å². The van der Waals surface area contributed by atoms with Crippen LogP contribution in [0, 0.1) is 12.8 Å². The summed E-state index contributed by atoms with van der Waals surface area (Å²) in [6, 6.07) is 24.1. The van der Waals surface area contributed by atoms with Gasteiger partial charge < -0.3 is 10.2 Å². The Morgan fingerprint density at radius 3 is 1.89 bits per heavy atom. The van der Waals surface area contributed by atoms with E-state index < -0.39 is 0 Å². The first kappa shape index (κ1) is 20.3. The Kier molecular flexibility index (Phi) is 7.02. The maximum Gasteiger partial charge on any atom is 0.0481 e. The van der Waals surface area contributed by atoms with Crippen LogP contribution in [-0.4, -0.2) is 23.4 Å². The number of hydrogen-bond acceptors (Lipinski definition) is 2. The zero-order valence-corrected chi connectivity index (χ0v) is 16.9. The molecule has 0 saturated heterocycles. The zero-order chi connectivity index (χ0) is 19.9. The van der Waals surface area contributed by atoms with Crippen molar-refractivity contribution in [1.29, 1.82) is 0 Å². The van der Waals surface area contributed by atoms with Gasteiger partial charge in [0.1, 0.15) is 0 Å². The summed E-state index contributed by atoms with van der Waals surface area (Å²) in [5, 5.41) is 18.5. The Morgan fingerprint density at radius 2 is 1.32 bits per heavy atom. The topological polar surface area (TPSA) is 40.5 Å². The lowest BCUT2D eigenvalue weighted by Crippen LogP contribution is -2.11. The molecule has 3 aromatic carbocycles. The fraction of sp³-hybridized carbons (Fsp3) is 0.308. The average Bonchev–Trinajstić information content (AvgIpc) is 2.75. The Bertz CT molecular complexity index is 875. The van der Waals surface area contributed by atoms with Crippen molar-refractivity contribution in [2.45, 2.75) is 33.1 Å². The van der Waals surface area contributed by atoms with E-state index in [9.17, 15) is 10.2 Å². The summed E-state index contributed by atoms with van der Waals surface area (Å²) in [5.41, 5.74) is 8.87. The molecule has 3 rings (SSSR count). The molecule has 0 radical (unpaired) electrons. The molecular weight excluding hydrogens is 344 g/mol. The molecule has 0 heterocycles. The highest BCUT2D eigenvalue weighted by Gasteiger charge is 2.09. The maximum absolute atomic E-state index is 9.26. The molecule has 0 bridgehead atoms. The number of rotatable bonds is 8. The lowest BCUT2D eigenvalue weighted by atomic mass is 9.92. The highest BCUT2D eigenvalue weighted by atomic mass is 16.3. The van der Waals surface area contributed by atoms with Gasteiger partial charge in [0.25, 0.3) is 0 Å². The van der Waals surface area contributed by atoms with Gasteiger partial charge in [0.05, 0.1) is 0 Å². The van der Waals surface area contributed by atoms with E-state index in [1.54, 1.807) is 0 Å². The summed E-state index contributed by atoms with van der Waals surface area (Å²) in [4.78, 5) is 0. The Hall–Kier alpha value is -2.42. The molecule has 0 fully saturated rings. The minimum Gasteiger partial charge on any atom is -0.396 e. The predicted molar refractivity (Wildman–Crippen MR) is 117 cm³/mol. The van der Waals surface area contributed by atoms with E-state index in [1.807, 2.05) is 0 Å². The largest absolute Gasteiger partial charge is 0.396 e. The third kappa shape index (κ3) is 4.89. The minimum atomic E-state index is -0.0286. The van der Waals surface area contributed by atoms with Crippen molar-refractivity contribution < 1.29 is 10.2 Å². The zero-order valence-electron chi connectivity index (χ0n) is 16.9. The van der Waals surface area contributed by atoms with Gasteiger partial charge in [-0.1, -0.05) is 79.2 Å². The standard InChI is InChI=1S/C26H30O2/c1-3-22-16-20(6-7-21(17-27)18-28)8-15-26(22)25-13-11-24(12-14-25)23-9-4-19(2)5-10-23/h4-5,8-16,21,27-28H,3,6-7,17-18H2,1-2H3. The fourth-order valence-corrected chi connectivity index (χ4v) is 3.58. The molecule has 0 unspecified atom stereocenters. The molecule has 2 nitrogen and oxygen atoms in total. The predicted octanol–water partition coefficient (Wildman–Crippen LogP) is 5.42. The summed E-state index contributed by atoms with van der Waals surface area (Å²) in [6.07, 6.45) is 2.67. The lowest BCUT2D eigenvalue weighted by molar-refractivity contribution is 0.144. The van der Waals surface area contributed by atoms with Crippen LogP contribution in [0.25, 0.3) is 22.3 Å². The van der Waals surface area contributed by atoms with Crippen molar-refractivity contribution in [3.8, 4) is 22.3 Å². The van der Waals surface area contributed by atoms with Gasteiger partial charge >= 0.3 is 0 Å². The second-order valence-corrected chi connectivity index (χ2v) is 7.56. The number of hydrogen-bond donors (Lipinski definition) is 2. The van der Waals surface area contributed by atoms with Crippen LogP contribution in [0.1, 0.15) is 30.0 Å². The quantitative estimate of drug-likeness (QED) is 0.552. The van der Waals surface area contributed by atoms with Crippen LogP contribution in [0.2, 0.25) is 0 Å². The molecule has 3 aromatic rings. The summed E-state index contributed by atoms with van der Waals surface area (Å²) in [7, 11) is 0. The summed E-state index contributed by atoms with van der Waals surface area (Å²) >= 11 is 0. The molecule has 0 aliphatic carbocycles. The summed E-state index contributed by atoms with van der Waals surface area (Å²) < 4.78 is 0. The summed E-state index contributed by atoms with van der Waals surface area (Å²) in [5.74, 6) is -0.0286. The van der Waals surface area contributed by atoms with Crippen molar-refractivity contribution in [1.82, 2.24) is 0 Å². The van der Waals surface area contributed by atoms with E-state index in [2.05, 4.69) is 80.6 Å². The van der Waals surface area contributed by atoms with E-state index in [0.717, 1.165) is 19.3 Å². The molecule has 0 amide bonds. The van der Waals surface area contributed by atoms with Crippen LogP contribution in [0.15, 0.2) is 66.7 Å². The highest BCUT2D eigenvalue weighted by molar-refractivity contribution is 5.72. The van der Waals surface area contributed by atoms with Gasteiger partial charge in [-0.3, -0.25) is 0 Å². The second-order valence-electron chi connectivity index (χ2n) is 7.56. The van der Waals surface area contributed by atoms with Crippen LogP contribution in [0.3, 0.4) is 0 Å². The summed E-state index contributed by atoms with van der Waals surface area (Å²) in [6.45, 7) is 4.38. The van der Waals surface area contributed by atoms with E-state index >= 15 is 0 Å². The molecule has 0 spiro atoms. The molecule has 2 heteroatoms. The van der Waals surface area contributed by atoms with Gasteiger partial charge in [0, 0.05) is 19.1 Å². The monoisotopic (exact) mass is 374 g/mol. The molecular formula is C26H30O2. The molecule has 0 aliphatic heterocycles. The van der Waals surface area contributed by atoms with Crippen LogP contribution in [0.5, 0.6) is 0 Å². The van der Waals surface area contributed by atoms with Crippen LogP contribution in [-0.2, 0) is 12.8 Å². The molecule has 2 N–H and O–H groups in total. The maximum atomic E-state index is 9.26. The van der Waals surface area contributed by atoms with Gasteiger partial charge in [0.15, 0.2) is 0 Å². The fourth-order valence-electron chi connectivity index (χ4n) is 3.58. The van der Waals surface area contributed by atoms with E-state index in [-0.39, 0.29) is 19.1 Å².